The Hall–Kier alpha value is 0.310. The van der Waals surface area contributed by atoms with Crippen LogP contribution in [-0.4, -0.2) is 11.9 Å². The van der Waals surface area contributed by atoms with Crippen molar-refractivity contribution in [3.8, 4) is 0 Å². The van der Waals surface area contributed by atoms with Gasteiger partial charge in [0.05, 0.1) is 0 Å². The summed E-state index contributed by atoms with van der Waals surface area (Å²) in [6.07, 6.45) is 3.63. The molecule has 1 N–H and O–H groups in total. The van der Waals surface area contributed by atoms with Crippen LogP contribution in [0.2, 0.25) is 0 Å². The van der Waals surface area contributed by atoms with Gasteiger partial charge in [0.2, 0.25) is 0 Å². The lowest BCUT2D eigenvalue weighted by Crippen LogP contribution is -2.23. The minimum absolute atomic E-state index is 0.400. The van der Waals surface area contributed by atoms with Crippen LogP contribution in [0.25, 0.3) is 0 Å². The first-order valence-electron chi connectivity index (χ1n) is 3.72. The summed E-state index contributed by atoms with van der Waals surface area (Å²) in [7, 11) is 0. The van der Waals surface area contributed by atoms with Crippen molar-refractivity contribution in [3.05, 3.63) is 0 Å². The van der Waals surface area contributed by atoms with Crippen LogP contribution in [0.1, 0.15) is 33.1 Å². The van der Waals surface area contributed by atoms with Crippen LogP contribution in [0.4, 0.5) is 0 Å². The van der Waals surface area contributed by atoms with Crippen molar-refractivity contribution in [1.29, 1.82) is 0 Å². The molecule has 0 rings (SSSR count). The van der Waals surface area contributed by atoms with Crippen LogP contribution in [0.5, 0.6) is 0 Å². The van der Waals surface area contributed by atoms with Crippen molar-refractivity contribution in [2.75, 3.05) is 6.54 Å². The van der Waals surface area contributed by atoms with Gasteiger partial charge in [-0.15, -0.1) is 0 Å². The van der Waals surface area contributed by atoms with Crippen molar-refractivity contribution in [1.82, 2.24) is 5.32 Å². The minimum atomic E-state index is 0.400. The third-order valence-corrected chi connectivity index (χ3v) is 1.84. The smallest absolute Gasteiger partial charge is 0.0499 e. The van der Waals surface area contributed by atoms with Gasteiger partial charge in [0.15, 0.2) is 0 Å². The maximum Gasteiger partial charge on any atom is 0.0499 e. The first-order valence-corrected chi connectivity index (χ1v) is 4.24. The van der Waals surface area contributed by atoms with Crippen LogP contribution < -0.4 is 5.32 Å². The van der Waals surface area contributed by atoms with Crippen molar-refractivity contribution in [3.63, 3.8) is 0 Å². The molecule has 0 aromatic carbocycles. The molecule has 9 heavy (non-hydrogen) atoms. The molecule has 1 unspecified atom stereocenters. The molecular formula is C7H17NS. The number of hydrogen-bond donors (Lipinski definition) is 2. The molecule has 0 aliphatic heterocycles. The van der Waals surface area contributed by atoms with E-state index in [1.54, 1.807) is 0 Å². The summed E-state index contributed by atoms with van der Waals surface area (Å²) in [6, 6.07) is 0. The number of rotatable bonds is 5. The normalized spacial score (nSPS) is 13.7. The second-order valence-electron chi connectivity index (χ2n) is 2.23. The lowest BCUT2D eigenvalue weighted by Gasteiger charge is -2.08. The predicted molar refractivity (Wildman–Crippen MR) is 46.0 cm³/mol. The zero-order valence-corrected chi connectivity index (χ0v) is 7.25. The summed E-state index contributed by atoms with van der Waals surface area (Å²) in [5.74, 6) is 0. The van der Waals surface area contributed by atoms with E-state index in [1.165, 1.54) is 12.8 Å². The van der Waals surface area contributed by atoms with E-state index in [0.29, 0.717) is 5.37 Å². The van der Waals surface area contributed by atoms with Crippen LogP contribution in [0.3, 0.4) is 0 Å². The highest BCUT2D eigenvalue weighted by atomic mass is 32.1. The highest BCUT2D eigenvalue weighted by Crippen LogP contribution is 1.95. The molecule has 0 heterocycles. The number of unbranched alkanes of at least 4 members (excludes halogenated alkanes) is 1. The van der Waals surface area contributed by atoms with E-state index in [-0.39, 0.29) is 0 Å². The molecule has 0 aliphatic carbocycles. The molecule has 0 aromatic heterocycles. The number of hydrogen-bond acceptors (Lipinski definition) is 2. The van der Waals surface area contributed by atoms with Gasteiger partial charge in [0.1, 0.15) is 0 Å². The van der Waals surface area contributed by atoms with E-state index in [2.05, 4.69) is 31.8 Å². The second-order valence-corrected chi connectivity index (χ2v) is 2.86. The Morgan fingerprint density at radius 2 is 2.11 bits per heavy atom. The van der Waals surface area contributed by atoms with Gasteiger partial charge in [0.25, 0.3) is 0 Å². The van der Waals surface area contributed by atoms with Crippen molar-refractivity contribution in [2.45, 2.75) is 38.5 Å². The molecule has 1 atom stereocenters. The van der Waals surface area contributed by atoms with E-state index < -0.39 is 0 Å². The van der Waals surface area contributed by atoms with Crippen LogP contribution in [0, 0.1) is 0 Å². The van der Waals surface area contributed by atoms with E-state index in [9.17, 15) is 0 Å². The molecule has 0 radical (unpaired) electrons. The summed E-state index contributed by atoms with van der Waals surface area (Å²) in [4.78, 5) is 0. The first-order chi connectivity index (χ1) is 4.31. The van der Waals surface area contributed by atoms with Gasteiger partial charge < -0.3 is 5.32 Å². The van der Waals surface area contributed by atoms with Gasteiger partial charge in [-0.25, -0.2) is 0 Å². The van der Waals surface area contributed by atoms with E-state index in [1.807, 2.05) is 0 Å². The summed E-state index contributed by atoms with van der Waals surface area (Å²) in [5.41, 5.74) is 0. The number of thiol groups is 1. The average molecular weight is 147 g/mol. The largest absolute Gasteiger partial charge is 0.306 e. The quantitative estimate of drug-likeness (QED) is 0.344. The second kappa shape index (κ2) is 6.43. The fraction of sp³-hybridized carbons (Fsp3) is 1.00. The molecule has 0 bridgehead atoms. The van der Waals surface area contributed by atoms with E-state index in [0.717, 1.165) is 13.0 Å². The van der Waals surface area contributed by atoms with Gasteiger partial charge in [-0.3, -0.25) is 0 Å². The fourth-order valence-electron chi connectivity index (χ4n) is 0.590. The molecule has 0 spiro atoms. The molecule has 0 saturated carbocycles. The first kappa shape index (κ1) is 9.31. The molecule has 0 aliphatic rings. The van der Waals surface area contributed by atoms with Crippen LogP contribution in [0.15, 0.2) is 0 Å². The van der Waals surface area contributed by atoms with E-state index in [4.69, 9.17) is 0 Å². The lowest BCUT2D eigenvalue weighted by molar-refractivity contribution is 0.605. The molecule has 0 saturated heterocycles. The number of nitrogens with one attached hydrogen (secondary N) is 1. The standard InChI is InChI=1S/C7H17NS/c1-3-5-6-8-7(9)4-2/h7-9H,3-6H2,1-2H3. The third-order valence-electron chi connectivity index (χ3n) is 1.30. The van der Waals surface area contributed by atoms with Gasteiger partial charge in [-0.2, -0.15) is 12.6 Å². The Morgan fingerprint density at radius 1 is 1.44 bits per heavy atom. The summed E-state index contributed by atoms with van der Waals surface area (Å²) in [6.45, 7) is 5.44. The predicted octanol–water partition coefficient (Wildman–Crippen LogP) is 2.04. The Morgan fingerprint density at radius 3 is 2.56 bits per heavy atom. The Labute approximate surface area is 63.6 Å². The van der Waals surface area contributed by atoms with Crippen molar-refractivity contribution >= 4 is 12.6 Å². The fourth-order valence-corrected chi connectivity index (χ4v) is 0.719. The zero-order valence-electron chi connectivity index (χ0n) is 6.35. The maximum atomic E-state index is 4.29. The molecule has 0 aromatic rings. The average Bonchev–Trinajstić information content (AvgIpc) is 1.89. The maximum absolute atomic E-state index is 4.29. The van der Waals surface area contributed by atoms with Gasteiger partial charge in [-0.05, 0) is 19.4 Å². The van der Waals surface area contributed by atoms with Gasteiger partial charge in [0, 0.05) is 5.37 Å². The lowest BCUT2D eigenvalue weighted by atomic mass is 10.3. The molecular weight excluding hydrogens is 130 g/mol. The third kappa shape index (κ3) is 6.19. The minimum Gasteiger partial charge on any atom is -0.306 e. The summed E-state index contributed by atoms with van der Waals surface area (Å²) >= 11 is 4.29. The van der Waals surface area contributed by atoms with Crippen LogP contribution >= 0.6 is 12.6 Å². The molecule has 1 nitrogen and oxygen atoms in total. The Balaban J connectivity index is 2.88. The monoisotopic (exact) mass is 147 g/mol. The van der Waals surface area contributed by atoms with Gasteiger partial charge >= 0.3 is 0 Å². The van der Waals surface area contributed by atoms with E-state index >= 15 is 0 Å². The molecule has 56 valence electrons. The summed E-state index contributed by atoms with van der Waals surface area (Å²) < 4.78 is 0. The SMILES string of the molecule is CCCCNC(S)CC. The van der Waals surface area contributed by atoms with Crippen molar-refractivity contribution < 1.29 is 0 Å². The molecule has 0 fully saturated rings. The van der Waals surface area contributed by atoms with Gasteiger partial charge in [-0.1, -0.05) is 20.3 Å². The van der Waals surface area contributed by atoms with Crippen LogP contribution in [-0.2, 0) is 0 Å². The van der Waals surface area contributed by atoms with Crippen molar-refractivity contribution in [2.24, 2.45) is 0 Å². The Bertz CT molecular complexity index is 56.9. The topological polar surface area (TPSA) is 12.0 Å². The molecule has 2 heteroatoms. The highest BCUT2D eigenvalue weighted by molar-refractivity contribution is 7.80. The zero-order chi connectivity index (χ0) is 7.11. The Kier molecular flexibility index (Phi) is 6.65. The highest BCUT2D eigenvalue weighted by Gasteiger charge is 1.94. The summed E-state index contributed by atoms with van der Waals surface area (Å²) in [5, 5.41) is 3.70. The molecule has 0 amide bonds.